The number of nitrogens with zero attached hydrogens (tertiary/aromatic N) is 1. The molecule has 0 saturated carbocycles. The van der Waals surface area contributed by atoms with E-state index in [-0.39, 0.29) is 5.91 Å². The second-order valence-corrected chi connectivity index (χ2v) is 5.07. The van der Waals surface area contributed by atoms with Crippen molar-refractivity contribution in [1.82, 2.24) is 15.5 Å². The third-order valence-corrected chi connectivity index (χ3v) is 3.46. The van der Waals surface area contributed by atoms with Crippen LogP contribution in [-0.2, 0) is 11.3 Å². The Morgan fingerprint density at radius 3 is 2.84 bits per heavy atom. The van der Waals surface area contributed by atoms with Gasteiger partial charge in [0.2, 0.25) is 5.91 Å². The lowest BCUT2D eigenvalue weighted by Crippen LogP contribution is -2.23. The van der Waals surface area contributed by atoms with Crippen LogP contribution in [0, 0.1) is 12.8 Å². The van der Waals surface area contributed by atoms with Crippen LogP contribution in [0.15, 0.2) is 6.20 Å². The molecule has 0 spiro atoms. The number of hydrogen-bond donors (Lipinski definition) is 3. The van der Waals surface area contributed by atoms with E-state index in [1.807, 2.05) is 6.92 Å². The van der Waals surface area contributed by atoms with Crippen LogP contribution in [0.3, 0.4) is 0 Å². The Morgan fingerprint density at radius 2 is 2.26 bits per heavy atom. The lowest BCUT2D eigenvalue weighted by atomic mass is 9.94. The van der Waals surface area contributed by atoms with Crippen molar-refractivity contribution in [2.75, 3.05) is 6.54 Å². The first-order valence-electron chi connectivity index (χ1n) is 7.13. The second kappa shape index (κ2) is 8.69. The number of aromatic nitrogens is 2. The Bertz CT molecular complexity index is 369. The molecule has 5 nitrogen and oxygen atoms in total. The molecule has 0 aliphatic rings. The minimum atomic E-state index is 0.110. The Morgan fingerprint density at radius 1 is 1.47 bits per heavy atom. The average molecular weight is 266 g/mol. The summed E-state index contributed by atoms with van der Waals surface area (Å²) in [6.45, 7) is 5.38. The molecule has 108 valence electrons. The number of aromatic amines is 1. The lowest BCUT2D eigenvalue weighted by molar-refractivity contribution is -0.121. The number of hydrogen-bond acceptors (Lipinski definition) is 3. The van der Waals surface area contributed by atoms with Crippen molar-refractivity contribution >= 4 is 5.91 Å². The van der Waals surface area contributed by atoms with Gasteiger partial charge in [0, 0.05) is 24.2 Å². The predicted molar refractivity (Wildman–Crippen MR) is 76.5 cm³/mol. The van der Waals surface area contributed by atoms with Crippen molar-refractivity contribution in [3.8, 4) is 0 Å². The van der Waals surface area contributed by atoms with Gasteiger partial charge in [-0.05, 0) is 32.2 Å². The SMILES string of the molecule is CCCC(CCN)CCC(=O)NCc1cn[nH]c1C. The van der Waals surface area contributed by atoms with E-state index >= 15 is 0 Å². The van der Waals surface area contributed by atoms with Crippen molar-refractivity contribution in [2.24, 2.45) is 11.7 Å². The summed E-state index contributed by atoms with van der Waals surface area (Å²) in [6, 6.07) is 0. The summed E-state index contributed by atoms with van der Waals surface area (Å²) in [5.74, 6) is 0.690. The van der Waals surface area contributed by atoms with Crippen LogP contribution in [0.25, 0.3) is 0 Å². The van der Waals surface area contributed by atoms with Gasteiger partial charge in [-0.25, -0.2) is 0 Å². The van der Waals surface area contributed by atoms with Crippen molar-refractivity contribution in [3.05, 3.63) is 17.5 Å². The first-order valence-corrected chi connectivity index (χ1v) is 7.13. The molecule has 1 amide bonds. The highest BCUT2D eigenvalue weighted by Gasteiger charge is 2.10. The third kappa shape index (κ3) is 5.87. The highest BCUT2D eigenvalue weighted by molar-refractivity contribution is 5.75. The average Bonchev–Trinajstić information content (AvgIpc) is 2.79. The summed E-state index contributed by atoms with van der Waals surface area (Å²) < 4.78 is 0. The van der Waals surface area contributed by atoms with Gasteiger partial charge in [0.15, 0.2) is 0 Å². The van der Waals surface area contributed by atoms with Crippen LogP contribution < -0.4 is 11.1 Å². The molecule has 0 aliphatic heterocycles. The molecule has 0 radical (unpaired) electrons. The van der Waals surface area contributed by atoms with Gasteiger partial charge in [-0.1, -0.05) is 19.8 Å². The Labute approximate surface area is 115 Å². The Balaban J connectivity index is 2.25. The largest absolute Gasteiger partial charge is 0.352 e. The monoisotopic (exact) mass is 266 g/mol. The molecule has 1 atom stereocenters. The molecule has 1 heterocycles. The van der Waals surface area contributed by atoms with Gasteiger partial charge >= 0.3 is 0 Å². The molecule has 1 aromatic heterocycles. The fraction of sp³-hybridized carbons (Fsp3) is 0.714. The smallest absolute Gasteiger partial charge is 0.220 e. The standard InChI is InChI=1S/C14H26N4O/c1-3-4-12(7-8-15)5-6-14(19)16-9-13-10-17-18-11(13)2/h10,12H,3-9,15H2,1-2H3,(H,16,19)(H,17,18). The van der Waals surface area contributed by atoms with E-state index in [1.54, 1.807) is 6.20 Å². The molecule has 5 heteroatoms. The van der Waals surface area contributed by atoms with E-state index in [1.165, 1.54) is 0 Å². The van der Waals surface area contributed by atoms with Crippen LogP contribution in [0.1, 0.15) is 50.3 Å². The maximum Gasteiger partial charge on any atom is 0.220 e. The lowest BCUT2D eigenvalue weighted by Gasteiger charge is -2.14. The van der Waals surface area contributed by atoms with Crippen molar-refractivity contribution in [1.29, 1.82) is 0 Å². The Hall–Kier alpha value is -1.36. The van der Waals surface area contributed by atoms with Crippen LogP contribution in [-0.4, -0.2) is 22.6 Å². The molecule has 0 fully saturated rings. The molecule has 1 unspecified atom stereocenters. The van der Waals surface area contributed by atoms with Crippen LogP contribution >= 0.6 is 0 Å². The maximum atomic E-state index is 11.8. The van der Waals surface area contributed by atoms with Crippen LogP contribution in [0.2, 0.25) is 0 Å². The van der Waals surface area contributed by atoms with E-state index in [0.717, 1.165) is 36.9 Å². The van der Waals surface area contributed by atoms with Crippen molar-refractivity contribution < 1.29 is 4.79 Å². The number of carbonyl (C=O) groups is 1. The van der Waals surface area contributed by atoms with E-state index < -0.39 is 0 Å². The summed E-state index contributed by atoms with van der Waals surface area (Å²) in [5, 5.41) is 9.73. The number of H-pyrrole nitrogens is 1. The van der Waals surface area contributed by atoms with E-state index in [9.17, 15) is 4.79 Å². The fourth-order valence-corrected chi connectivity index (χ4v) is 2.25. The van der Waals surface area contributed by atoms with Crippen molar-refractivity contribution in [2.45, 2.75) is 52.5 Å². The number of rotatable bonds is 9. The summed E-state index contributed by atoms with van der Waals surface area (Å²) in [7, 11) is 0. The third-order valence-electron chi connectivity index (χ3n) is 3.46. The quantitative estimate of drug-likeness (QED) is 0.638. The summed E-state index contributed by atoms with van der Waals surface area (Å²) in [4.78, 5) is 11.8. The van der Waals surface area contributed by atoms with E-state index in [2.05, 4.69) is 22.4 Å². The second-order valence-electron chi connectivity index (χ2n) is 5.07. The highest BCUT2D eigenvalue weighted by Crippen LogP contribution is 2.16. The molecule has 0 saturated heterocycles. The minimum Gasteiger partial charge on any atom is -0.352 e. The van der Waals surface area contributed by atoms with Gasteiger partial charge < -0.3 is 11.1 Å². The molecule has 0 aliphatic carbocycles. The minimum absolute atomic E-state index is 0.110. The summed E-state index contributed by atoms with van der Waals surface area (Å²) in [6.07, 6.45) is 6.60. The number of aryl methyl sites for hydroxylation is 1. The maximum absolute atomic E-state index is 11.8. The molecule has 1 aromatic rings. The number of nitrogens with two attached hydrogens (primary N) is 1. The molecule has 19 heavy (non-hydrogen) atoms. The van der Waals surface area contributed by atoms with Crippen molar-refractivity contribution in [3.63, 3.8) is 0 Å². The summed E-state index contributed by atoms with van der Waals surface area (Å²) in [5.41, 5.74) is 7.64. The number of carbonyl (C=O) groups excluding carboxylic acids is 1. The highest BCUT2D eigenvalue weighted by atomic mass is 16.1. The fourth-order valence-electron chi connectivity index (χ4n) is 2.25. The molecular formula is C14H26N4O. The zero-order valence-corrected chi connectivity index (χ0v) is 12.0. The summed E-state index contributed by atoms with van der Waals surface area (Å²) >= 11 is 0. The first-order chi connectivity index (χ1) is 9.17. The van der Waals surface area contributed by atoms with Gasteiger partial charge in [-0.2, -0.15) is 5.10 Å². The topological polar surface area (TPSA) is 83.8 Å². The Kier molecular flexibility index (Phi) is 7.18. The molecule has 4 N–H and O–H groups in total. The van der Waals surface area contributed by atoms with E-state index in [4.69, 9.17) is 5.73 Å². The molecule has 1 rings (SSSR count). The molecule has 0 bridgehead atoms. The molecule has 0 aromatic carbocycles. The zero-order chi connectivity index (χ0) is 14.1. The van der Waals surface area contributed by atoms with E-state index in [0.29, 0.717) is 25.4 Å². The van der Waals surface area contributed by atoms with Crippen LogP contribution in [0.4, 0.5) is 0 Å². The van der Waals surface area contributed by atoms with Gasteiger partial charge in [0.1, 0.15) is 0 Å². The van der Waals surface area contributed by atoms with Gasteiger partial charge in [0.25, 0.3) is 0 Å². The first kappa shape index (κ1) is 15.7. The van der Waals surface area contributed by atoms with Crippen LogP contribution in [0.5, 0.6) is 0 Å². The van der Waals surface area contributed by atoms with Gasteiger partial charge in [-0.15, -0.1) is 0 Å². The number of nitrogens with one attached hydrogen (secondary N) is 2. The molecular weight excluding hydrogens is 240 g/mol. The number of amides is 1. The predicted octanol–water partition coefficient (Wildman–Crippen LogP) is 1.88. The van der Waals surface area contributed by atoms with Gasteiger partial charge in [-0.3, -0.25) is 9.89 Å². The van der Waals surface area contributed by atoms with Gasteiger partial charge in [0.05, 0.1) is 6.20 Å². The zero-order valence-electron chi connectivity index (χ0n) is 12.0. The normalized spacial score (nSPS) is 12.4.